The number of carbonyl (C=O) groups is 1. The van der Waals surface area contributed by atoms with Gasteiger partial charge in [0.2, 0.25) is 0 Å². The standard InChI is InChI=1S/C8H6BrF3N2O2/c9-5-2-1-4(10)3-6(5)16-8(11,12)7(15)14-13/h1-3H,13H2,(H,14,15). The van der Waals surface area contributed by atoms with Gasteiger partial charge in [0.05, 0.1) is 4.47 Å². The first-order valence-corrected chi connectivity index (χ1v) is 4.69. The molecule has 8 heteroatoms. The first-order chi connectivity index (χ1) is 7.36. The molecule has 1 rings (SSSR count). The molecule has 3 N–H and O–H groups in total. The number of carbonyl (C=O) groups excluding carboxylic acids is 1. The number of hydrazine groups is 1. The summed E-state index contributed by atoms with van der Waals surface area (Å²) in [5.74, 6) is 1.42. The average Bonchev–Trinajstić information content (AvgIpc) is 2.22. The van der Waals surface area contributed by atoms with E-state index < -0.39 is 23.6 Å². The second-order valence-corrected chi connectivity index (χ2v) is 3.52. The van der Waals surface area contributed by atoms with Gasteiger partial charge >= 0.3 is 12.0 Å². The zero-order valence-corrected chi connectivity index (χ0v) is 9.22. The zero-order chi connectivity index (χ0) is 12.3. The summed E-state index contributed by atoms with van der Waals surface area (Å²) in [6, 6.07) is 2.92. The van der Waals surface area contributed by atoms with Crippen molar-refractivity contribution in [3.8, 4) is 5.75 Å². The summed E-state index contributed by atoms with van der Waals surface area (Å²) in [5.41, 5.74) is 1.24. The number of hydrogen-bond acceptors (Lipinski definition) is 3. The molecule has 4 nitrogen and oxygen atoms in total. The van der Waals surface area contributed by atoms with Gasteiger partial charge < -0.3 is 4.74 Å². The van der Waals surface area contributed by atoms with Crippen LogP contribution in [-0.4, -0.2) is 12.0 Å². The first-order valence-electron chi connectivity index (χ1n) is 3.90. The van der Waals surface area contributed by atoms with Crippen LogP contribution < -0.4 is 16.0 Å². The van der Waals surface area contributed by atoms with E-state index in [9.17, 15) is 18.0 Å². The highest BCUT2D eigenvalue weighted by Crippen LogP contribution is 2.30. The average molecular weight is 299 g/mol. The maximum Gasteiger partial charge on any atom is 0.483 e. The number of alkyl halides is 2. The Labute approximate surface area is 96.7 Å². The molecule has 0 aliphatic rings. The van der Waals surface area contributed by atoms with Gasteiger partial charge in [-0.3, -0.25) is 10.2 Å². The number of rotatable bonds is 3. The van der Waals surface area contributed by atoms with Gasteiger partial charge in [0.15, 0.2) is 0 Å². The van der Waals surface area contributed by atoms with Crippen molar-refractivity contribution in [2.75, 3.05) is 0 Å². The van der Waals surface area contributed by atoms with Crippen LogP contribution in [0.1, 0.15) is 0 Å². The van der Waals surface area contributed by atoms with Crippen molar-refractivity contribution >= 4 is 21.8 Å². The number of nitrogens with one attached hydrogen (secondary N) is 1. The summed E-state index contributed by atoms with van der Waals surface area (Å²) in [7, 11) is 0. The molecule has 0 heterocycles. The third-order valence-electron chi connectivity index (χ3n) is 1.53. The Morgan fingerprint density at radius 3 is 2.69 bits per heavy atom. The van der Waals surface area contributed by atoms with Crippen LogP contribution in [0.15, 0.2) is 22.7 Å². The van der Waals surface area contributed by atoms with Gasteiger partial charge in [-0.15, -0.1) is 0 Å². The van der Waals surface area contributed by atoms with Crippen LogP contribution in [0.25, 0.3) is 0 Å². The van der Waals surface area contributed by atoms with Gasteiger partial charge in [-0.05, 0) is 28.1 Å². The number of ether oxygens (including phenoxy) is 1. The fourth-order valence-electron chi connectivity index (χ4n) is 0.824. The van der Waals surface area contributed by atoms with Crippen molar-refractivity contribution < 1.29 is 22.7 Å². The SMILES string of the molecule is NNC(=O)C(F)(F)Oc1cc(F)ccc1Br. The summed E-state index contributed by atoms with van der Waals surface area (Å²) >= 11 is 2.87. The molecule has 0 aliphatic carbocycles. The Morgan fingerprint density at radius 2 is 2.12 bits per heavy atom. The molecule has 88 valence electrons. The lowest BCUT2D eigenvalue weighted by Gasteiger charge is -2.16. The Bertz CT molecular complexity index is 414. The largest absolute Gasteiger partial charge is 0.483 e. The third kappa shape index (κ3) is 2.86. The molecule has 0 aromatic heterocycles. The van der Waals surface area contributed by atoms with Crippen LogP contribution in [0, 0.1) is 5.82 Å². The van der Waals surface area contributed by atoms with Crippen molar-refractivity contribution in [1.82, 2.24) is 5.43 Å². The van der Waals surface area contributed by atoms with Crippen molar-refractivity contribution in [2.24, 2.45) is 5.84 Å². The Hall–Kier alpha value is -1.28. The Morgan fingerprint density at radius 1 is 1.50 bits per heavy atom. The number of nitrogens with two attached hydrogens (primary N) is 1. The van der Waals surface area contributed by atoms with Gasteiger partial charge in [-0.1, -0.05) is 0 Å². The van der Waals surface area contributed by atoms with Gasteiger partial charge in [0.25, 0.3) is 0 Å². The molecule has 1 aromatic rings. The molecule has 0 unspecified atom stereocenters. The highest BCUT2D eigenvalue weighted by atomic mass is 79.9. The molecule has 0 saturated carbocycles. The van der Waals surface area contributed by atoms with Crippen LogP contribution in [0.2, 0.25) is 0 Å². The van der Waals surface area contributed by atoms with Gasteiger partial charge in [0, 0.05) is 6.07 Å². The van der Waals surface area contributed by atoms with E-state index in [4.69, 9.17) is 0 Å². The van der Waals surface area contributed by atoms with Gasteiger partial charge in [-0.2, -0.15) is 8.78 Å². The Kier molecular flexibility index (Phi) is 3.76. The van der Waals surface area contributed by atoms with Crippen LogP contribution in [0.5, 0.6) is 5.75 Å². The lowest BCUT2D eigenvalue weighted by molar-refractivity contribution is -0.193. The van der Waals surface area contributed by atoms with E-state index in [2.05, 4.69) is 26.5 Å². The fourth-order valence-corrected chi connectivity index (χ4v) is 1.15. The van der Waals surface area contributed by atoms with Crippen LogP contribution >= 0.6 is 15.9 Å². The van der Waals surface area contributed by atoms with Gasteiger partial charge in [-0.25, -0.2) is 10.2 Å². The number of benzene rings is 1. The van der Waals surface area contributed by atoms with Crippen molar-refractivity contribution in [1.29, 1.82) is 0 Å². The van der Waals surface area contributed by atoms with Crippen LogP contribution in [0.3, 0.4) is 0 Å². The quantitative estimate of drug-likeness (QED) is 0.505. The minimum atomic E-state index is -4.18. The molecule has 0 saturated heterocycles. The predicted octanol–water partition coefficient (Wildman–Crippen LogP) is 1.55. The van der Waals surface area contributed by atoms with Crippen molar-refractivity contribution in [3.05, 3.63) is 28.5 Å². The smallest absolute Gasteiger partial charge is 0.424 e. The number of hydrogen-bond donors (Lipinski definition) is 2. The lowest BCUT2D eigenvalue weighted by atomic mass is 10.3. The molecule has 0 spiro atoms. The summed E-state index contributed by atoms with van der Waals surface area (Å²) in [6.07, 6.45) is -4.18. The molecule has 0 atom stereocenters. The highest BCUT2D eigenvalue weighted by molar-refractivity contribution is 9.10. The maximum absolute atomic E-state index is 13.0. The van der Waals surface area contributed by atoms with Gasteiger partial charge in [0.1, 0.15) is 11.6 Å². The minimum Gasteiger partial charge on any atom is -0.424 e. The first kappa shape index (κ1) is 12.8. The molecular weight excluding hydrogens is 293 g/mol. The highest BCUT2D eigenvalue weighted by Gasteiger charge is 2.42. The molecule has 1 aromatic carbocycles. The third-order valence-corrected chi connectivity index (χ3v) is 2.18. The number of amides is 1. The number of halogens is 4. The zero-order valence-electron chi connectivity index (χ0n) is 7.64. The molecule has 1 amide bonds. The normalized spacial score (nSPS) is 11.1. The van der Waals surface area contributed by atoms with Crippen LogP contribution in [-0.2, 0) is 4.79 Å². The molecular formula is C8H6BrF3N2O2. The maximum atomic E-state index is 13.0. The van der Waals surface area contributed by atoms with E-state index in [1.807, 2.05) is 0 Å². The second-order valence-electron chi connectivity index (χ2n) is 2.67. The fraction of sp³-hybridized carbons (Fsp3) is 0.125. The molecule has 0 aliphatic heterocycles. The van der Waals surface area contributed by atoms with Crippen LogP contribution in [0.4, 0.5) is 13.2 Å². The summed E-state index contributed by atoms with van der Waals surface area (Å²) in [4.78, 5) is 10.6. The summed E-state index contributed by atoms with van der Waals surface area (Å²) < 4.78 is 42.8. The second kappa shape index (κ2) is 4.71. The minimum absolute atomic E-state index is 0.0818. The monoisotopic (exact) mass is 298 g/mol. The van der Waals surface area contributed by atoms with Crippen molar-refractivity contribution in [3.63, 3.8) is 0 Å². The van der Waals surface area contributed by atoms with E-state index >= 15 is 0 Å². The van der Waals surface area contributed by atoms with E-state index in [1.165, 1.54) is 11.5 Å². The molecule has 0 bridgehead atoms. The Balaban J connectivity index is 2.95. The summed E-state index contributed by atoms with van der Waals surface area (Å²) in [5, 5.41) is 0. The van der Waals surface area contributed by atoms with E-state index in [0.29, 0.717) is 6.07 Å². The molecule has 0 fully saturated rings. The molecule has 0 radical (unpaired) electrons. The predicted molar refractivity (Wildman–Crippen MR) is 52.0 cm³/mol. The van der Waals surface area contributed by atoms with E-state index in [0.717, 1.165) is 6.07 Å². The van der Waals surface area contributed by atoms with E-state index in [-0.39, 0.29) is 4.47 Å². The van der Waals surface area contributed by atoms with Crippen molar-refractivity contribution in [2.45, 2.75) is 6.11 Å². The van der Waals surface area contributed by atoms with E-state index in [1.54, 1.807) is 0 Å². The topological polar surface area (TPSA) is 64.3 Å². The molecule has 16 heavy (non-hydrogen) atoms. The summed E-state index contributed by atoms with van der Waals surface area (Å²) in [6.45, 7) is 0. The lowest BCUT2D eigenvalue weighted by Crippen LogP contribution is -2.47.